The first-order valence-electron chi connectivity index (χ1n) is 2.52. The molecule has 0 fully saturated rings. The number of ether oxygens (including phenoxy) is 1. The summed E-state index contributed by atoms with van der Waals surface area (Å²) < 4.78 is 36.8. The summed E-state index contributed by atoms with van der Waals surface area (Å²) in [6.07, 6.45) is -4.83. The molecule has 0 bridgehead atoms. The number of carboxylic acid groups (broad SMARTS) is 1. The zero-order chi connectivity index (χ0) is 9.07. The van der Waals surface area contributed by atoms with Crippen molar-refractivity contribution in [3.8, 4) is 0 Å². The molecule has 0 unspecified atom stereocenters. The molecule has 4 nitrogen and oxygen atoms in total. The van der Waals surface area contributed by atoms with Crippen LogP contribution >= 0.6 is 0 Å². The fraction of sp³-hybridized carbons (Fsp3) is 0.750. The van der Waals surface area contributed by atoms with E-state index in [1.54, 1.807) is 0 Å². The van der Waals surface area contributed by atoms with Gasteiger partial charge in [-0.05, 0) is 0 Å². The SMILES string of the molecule is N[C@@H](COC(F)(F)F)C(=O)O. The minimum atomic E-state index is -4.83. The monoisotopic (exact) mass is 173 g/mol. The highest BCUT2D eigenvalue weighted by atomic mass is 19.4. The fourth-order valence-corrected chi connectivity index (χ4v) is 0.256. The predicted molar refractivity (Wildman–Crippen MR) is 27.6 cm³/mol. The van der Waals surface area contributed by atoms with Crippen molar-refractivity contribution < 1.29 is 27.8 Å². The van der Waals surface area contributed by atoms with Crippen LogP contribution in [0.4, 0.5) is 13.2 Å². The van der Waals surface area contributed by atoms with Crippen molar-refractivity contribution in [2.24, 2.45) is 5.73 Å². The van der Waals surface area contributed by atoms with Crippen molar-refractivity contribution in [2.75, 3.05) is 6.61 Å². The smallest absolute Gasteiger partial charge is 0.480 e. The molecule has 0 aliphatic heterocycles. The lowest BCUT2D eigenvalue weighted by molar-refractivity contribution is -0.325. The summed E-state index contributed by atoms with van der Waals surface area (Å²) in [5.74, 6) is -1.53. The molecule has 0 rings (SSSR count). The van der Waals surface area contributed by atoms with E-state index < -0.39 is 25.0 Å². The zero-order valence-corrected chi connectivity index (χ0v) is 5.26. The van der Waals surface area contributed by atoms with Crippen LogP contribution in [-0.2, 0) is 9.53 Å². The van der Waals surface area contributed by atoms with Gasteiger partial charge >= 0.3 is 12.3 Å². The van der Waals surface area contributed by atoms with Gasteiger partial charge in [0.05, 0.1) is 6.61 Å². The zero-order valence-electron chi connectivity index (χ0n) is 5.26. The third-order valence-electron chi connectivity index (χ3n) is 0.744. The van der Waals surface area contributed by atoms with Crippen molar-refractivity contribution >= 4 is 5.97 Å². The highest BCUT2D eigenvalue weighted by molar-refractivity contribution is 5.73. The number of alkyl halides is 3. The van der Waals surface area contributed by atoms with Crippen LogP contribution in [0.1, 0.15) is 0 Å². The first kappa shape index (κ1) is 10.2. The topological polar surface area (TPSA) is 72.5 Å². The number of hydrogen-bond donors (Lipinski definition) is 2. The van der Waals surface area contributed by atoms with Gasteiger partial charge in [-0.25, -0.2) is 0 Å². The highest BCUT2D eigenvalue weighted by Crippen LogP contribution is 2.15. The number of carbonyl (C=O) groups is 1. The maximum atomic E-state index is 11.2. The largest absolute Gasteiger partial charge is 0.522 e. The molecule has 7 heteroatoms. The Hall–Kier alpha value is -0.820. The maximum absolute atomic E-state index is 11.2. The molecule has 11 heavy (non-hydrogen) atoms. The number of carboxylic acids is 1. The lowest BCUT2D eigenvalue weighted by Gasteiger charge is -2.09. The summed E-state index contributed by atoms with van der Waals surface area (Å²) in [6.45, 7) is -1.07. The average molecular weight is 173 g/mol. The molecular formula is C4H6F3NO3. The number of hydrogen-bond acceptors (Lipinski definition) is 3. The summed E-state index contributed by atoms with van der Waals surface area (Å²) in [7, 11) is 0. The van der Waals surface area contributed by atoms with E-state index in [9.17, 15) is 18.0 Å². The molecule has 0 aliphatic carbocycles. The Kier molecular flexibility index (Phi) is 3.27. The Balaban J connectivity index is 3.63. The van der Waals surface area contributed by atoms with Gasteiger partial charge in [0.25, 0.3) is 0 Å². The van der Waals surface area contributed by atoms with E-state index in [2.05, 4.69) is 4.74 Å². The first-order valence-corrected chi connectivity index (χ1v) is 2.52. The fourth-order valence-electron chi connectivity index (χ4n) is 0.256. The lowest BCUT2D eigenvalue weighted by Crippen LogP contribution is -2.37. The van der Waals surface area contributed by atoms with Crippen LogP contribution < -0.4 is 5.73 Å². The molecule has 0 amide bonds. The van der Waals surface area contributed by atoms with E-state index in [0.717, 1.165) is 0 Å². The van der Waals surface area contributed by atoms with E-state index in [0.29, 0.717) is 0 Å². The van der Waals surface area contributed by atoms with Crippen molar-refractivity contribution in [1.29, 1.82) is 0 Å². The number of halogens is 3. The Morgan fingerprint density at radius 2 is 2.09 bits per heavy atom. The average Bonchev–Trinajstić information content (AvgIpc) is 1.80. The second kappa shape index (κ2) is 3.54. The van der Waals surface area contributed by atoms with Gasteiger partial charge in [-0.15, -0.1) is 13.2 Å². The van der Waals surface area contributed by atoms with Gasteiger partial charge in [-0.2, -0.15) is 0 Å². The molecule has 0 saturated heterocycles. The van der Waals surface area contributed by atoms with E-state index in [1.807, 2.05) is 0 Å². The third-order valence-corrected chi connectivity index (χ3v) is 0.744. The molecule has 0 aliphatic rings. The van der Waals surface area contributed by atoms with Crippen molar-refractivity contribution in [3.63, 3.8) is 0 Å². The van der Waals surface area contributed by atoms with Gasteiger partial charge in [0.1, 0.15) is 6.04 Å². The van der Waals surface area contributed by atoms with Crippen LogP contribution in [0, 0.1) is 0 Å². The highest BCUT2D eigenvalue weighted by Gasteiger charge is 2.30. The van der Waals surface area contributed by atoms with Gasteiger partial charge in [0.15, 0.2) is 0 Å². The normalized spacial score (nSPS) is 14.5. The van der Waals surface area contributed by atoms with Crippen LogP contribution in [0.2, 0.25) is 0 Å². The Morgan fingerprint density at radius 3 is 2.36 bits per heavy atom. The second-order valence-electron chi connectivity index (χ2n) is 1.70. The molecule has 66 valence electrons. The molecule has 0 spiro atoms. The summed E-state index contributed by atoms with van der Waals surface area (Å²) in [5, 5.41) is 8.01. The molecular weight excluding hydrogens is 167 g/mol. The predicted octanol–water partition coefficient (Wildman–Crippen LogP) is -0.0653. The molecule has 0 aromatic carbocycles. The van der Waals surface area contributed by atoms with Crippen LogP contribution in [0.15, 0.2) is 0 Å². The number of rotatable bonds is 3. The molecule has 3 N–H and O–H groups in total. The third kappa shape index (κ3) is 5.62. The molecule has 0 saturated carbocycles. The summed E-state index contributed by atoms with van der Waals surface area (Å²) in [4.78, 5) is 9.84. The van der Waals surface area contributed by atoms with Crippen LogP contribution in [0.3, 0.4) is 0 Å². The van der Waals surface area contributed by atoms with Gasteiger partial charge in [-0.3, -0.25) is 9.53 Å². The Morgan fingerprint density at radius 1 is 1.64 bits per heavy atom. The van der Waals surface area contributed by atoms with Crippen LogP contribution in [-0.4, -0.2) is 30.1 Å². The second-order valence-corrected chi connectivity index (χ2v) is 1.70. The van der Waals surface area contributed by atoms with Gasteiger partial charge in [-0.1, -0.05) is 0 Å². The van der Waals surface area contributed by atoms with Crippen LogP contribution in [0.25, 0.3) is 0 Å². The molecule has 0 aromatic rings. The maximum Gasteiger partial charge on any atom is 0.522 e. The van der Waals surface area contributed by atoms with Crippen molar-refractivity contribution in [1.82, 2.24) is 0 Å². The minimum absolute atomic E-state index is 1.07. The van der Waals surface area contributed by atoms with E-state index in [4.69, 9.17) is 10.8 Å². The molecule has 0 heterocycles. The number of nitrogens with two attached hydrogens (primary N) is 1. The molecule has 1 atom stereocenters. The van der Waals surface area contributed by atoms with E-state index >= 15 is 0 Å². The quantitative estimate of drug-likeness (QED) is 0.626. The summed E-state index contributed by atoms with van der Waals surface area (Å²) in [5.41, 5.74) is 4.70. The summed E-state index contributed by atoms with van der Waals surface area (Å²) in [6, 6.07) is -1.64. The standard InChI is InChI=1S/C4H6F3NO3/c5-4(6,7)11-1-2(8)3(9)10/h2H,1,8H2,(H,9,10)/t2-/m0/s1. The Labute approximate surface area is 59.7 Å². The molecule has 0 aromatic heterocycles. The lowest BCUT2D eigenvalue weighted by atomic mass is 10.3. The summed E-state index contributed by atoms with van der Waals surface area (Å²) >= 11 is 0. The minimum Gasteiger partial charge on any atom is -0.480 e. The van der Waals surface area contributed by atoms with Crippen molar-refractivity contribution in [2.45, 2.75) is 12.4 Å². The van der Waals surface area contributed by atoms with Gasteiger partial charge < -0.3 is 10.8 Å². The van der Waals surface area contributed by atoms with E-state index in [1.165, 1.54) is 0 Å². The Bertz CT molecular complexity index is 146. The first-order chi connectivity index (χ1) is 4.83. The van der Waals surface area contributed by atoms with Crippen molar-refractivity contribution in [3.05, 3.63) is 0 Å². The van der Waals surface area contributed by atoms with Gasteiger partial charge in [0, 0.05) is 0 Å². The van der Waals surface area contributed by atoms with Gasteiger partial charge in [0.2, 0.25) is 0 Å². The van der Waals surface area contributed by atoms with Crippen LogP contribution in [0.5, 0.6) is 0 Å². The molecule has 0 radical (unpaired) electrons. The van der Waals surface area contributed by atoms with E-state index in [-0.39, 0.29) is 0 Å². The number of aliphatic carboxylic acids is 1.